The van der Waals surface area contributed by atoms with E-state index in [0.29, 0.717) is 23.1 Å². The average Bonchev–Trinajstić information content (AvgIpc) is 3.32. The van der Waals surface area contributed by atoms with E-state index in [4.69, 9.17) is 9.72 Å². The molecule has 4 heterocycles. The average molecular weight is 439 g/mol. The van der Waals surface area contributed by atoms with Gasteiger partial charge in [-0.25, -0.2) is 4.98 Å². The number of carbonyl (C=O) groups excluding carboxylic acids is 1. The zero-order chi connectivity index (χ0) is 20.9. The molecule has 0 unspecified atom stereocenters. The minimum absolute atomic E-state index is 0.0799. The second-order valence-electron chi connectivity index (χ2n) is 8.01. The molecule has 0 aliphatic carbocycles. The van der Waals surface area contributed by atoms with Gasteiger partial charge in [0, 0.05) is 23.3 Å². The van der Waals surface area contributed by atoms with Gasteiger partial charge in [0.2, 0.25) is 0 Å². The van der Waals surface area contributed by atoms with Crippen molar-refractivity contribution >= 4 is 44.7 Å². The fraction of sp³-hybridized carbons (Fsp3) is 0.364. The van der Waals surface area contributed by atoms with Gasteiger partial charge >= 0.3 is 0 Å². The summed E-state index contributed by atoms with van der Waals surface area (Å²) >= 11 is 3.11. The molecule has 4 aromatic rings. The molecule has 3 aromatic heterocycles. The van der Waals surface area contributed by atoms with Gasteiger partial charge < -0.3 is 4.74 Å². The van der Waals surface area contributed by atoms with Crippen LogP contribution >= 0.6 is 23.1 Å². The van der Waals surface area contributed by atoms with E-state index in [1.807, 2.05) is 34.7 Å². The summed E-state index contributed by atoms with van der Waals surface area (Å²) in [6.07, 6.45) is 1.59. The third-order valence-electron chi connectivity index (χ3n) is 5.36. The topological polar surface area (TPSA) is 69.4 Å². The van der Waals surface area contributed by atoms with Gasteiger partial charge in [0.05, 0.1) is 23.3 Å². The van der Waals surface area contributed by atoms with Crippen molar-refractivity contribution < 1.29 is 9.53 Å². The Morgan fingerprint density at radius 3 is 2.83 bits per heavy atom. The largest absolute Gasteiger partial charge is 0.370 e. The lowest BCUT2D eigenvalue weighted by Gasteiger charge is -2.30. The highest BCUT2D eigenvalue weighted by atomic mass is 32.2. The van der Waals surface area contributed by atoms with Gasteiger partial charge in [0.15, 0.2) is 16.6 Å². The normalized spacial score (nSPS) is 15.6. The molecule has 30 heavy (non-hydrogen) atoms. The molecule has 0 saturated heterocycles. The number of ketones is 1. The zero-order valence-corrected chi connectivity index (χ0v) is 18.8. The summed E-state index contributed by atoms with van der Waals surface area (Å²) in [6, 6.07) is 9.36. The molecule has 0 amide bonds. The number of thioether (sulfide) groups is 1. The van der Waals surface area contributed by atoms with Crippen molar-refractivity contribution in [3.05, 3.63) is 52.2 Å². The smallest absolute Gasteiger partial charge is 0.197 e. The van der Waals surface area contributed by atoms with Crippen LogP contribution in [0.25, 0.3) is 15.9 Å². The van der Waals surface area contributed by atoms with Crippen LogP contribution in [0.4, 0.5) is 0 Å². The molecule has 0 saturated carbocycles. The van der Waals surface area contributed by atoms with Crippen LogP contribution in [-0.4, -0.2) is 36.7 Å². The number of aryl methyl sites for hydroxylation is 1. The van der Waals surface area contributed by atoms with E-state index in [2.05, 4.69) is 31.0 Å². The Bertz CT molecular complexity index is 1260. The number of rotatable bonds is 5. The summed E-state index contributed by atoms with van der Waals surface area (Å²) in [6.45, 7) is 6.92. The van der Waals surface area contributed by atoms with Crippen molar-refractivity contribution in [1.82, 2.24) is 19.6 Å². The number of ether oxygens (including phenoxy) is 1. The molecule has 1 aliphatic rings. The molecule has 1 aromatic carbocycles. The molecule has 0 N–H and O–H groups in total. The molecule has 154 valence electrons. The first kappa shape index (κ1) is 19.7. The van der Waals surface area contributed by atoms with Crippen LogP contribution in [-0.2, 0) is 24.2 Å². The minimum atomic E-state index is -0.207. The second kappa shape index (κ2) is 7.44. The summed E-state index contributed by atoms with van der Waals surface area (Å²) in [5.41, 5.74) is 2.61. The fourth-order valence-corrected chi connectivity index (χ4v) is 5.81. The van der Waals surface area contributed by atoms with Crippen LogP contribution in [0.1, 0.15) is 47.4 Å². The lowest BCUT2D eigenvalue weighted by Crippen LogP contribution is -2.31. The van der Waals surface area contributed by atoms with Gasteiger partial charge in [-0.05, 0) is 19.4 Å². The molecule has 8 heteroatoms. The quantitative estimate of drug-likeness (QED) is 0.331. The van der Waals surface area contributed by atoms with Crippen molar-refractivity contribution in [2.24, 2.45) is 0 Å². The molecule has 0 fully saturated rings. The van der Waals surface area contributed by atoms with E-state index in [1.54, 1.807) is 11.3 Å². The van der Waals surface area contributed by atoms with Gasteiger partial charge in [-0.1, -0.05) is 49.0 Å². The number of benzene rings is 1. The van der Waals surface area contributed by atoms with Crippen LogP contribution in [0.2, 0.25) is 0 Å². The Kier molecular flexibility index (Phi) is 4.88. The number of hydrogen-bond donors (Lipinski definition) is 0. The van der Waals surface area contributed by atoms with Gasteiger partial charge in [0.1, 0.15) is 10.7 Å². The standard InChI is InChI=1S/C22H22N4O2S2/c1-4-17-23-20-18(14-10-22(2,3)28-11-16(14)30-20)19-24-25-21(26(17)19)29-12-15(27)13-8-6-5-7-9-13/h5-9H,4,10-12H2,1-3H3. The van der Waals surface area contributed by atoms with Crippen LogP contribution in [0, 0.1) is 0 Å². The van der Waals surface area contributed by atoms with Crippen LogP contribution in [0.5, 0.6) is 0 Å². The molecule has 0 bridgehead atoms. The Morgan fingerprint density at radius 1 is 1.27 bits per heavy atom. The van der Waals surface area contributed by atoms with Crippen molar-refractivity contribution in [1.29, 1.82) is 0 Å². The summed E-state index contributed by atoms with van der Waals surface area (Å²) in [7, 11) is 0. The first-order valence-corrected chi connectivity index (χ1v) is 11.8. The Morgan fingerprint density at radius 2 is 2.07 bits per heavy atom. The number of Topliss-reactive ketones (excluding diaryl/α,β-unsaturated/α-hetero) is 1. The van der Waals surface area contributed by atoms with E-state index >= 15 is 0 Å². The number of fused-ring (bicyclic) bond motifs is 5. The number of thiophene rings is 1. The highest BCUT2D eigenvalue weighted by Gasteiger charge is 2.31. The van der Waals surface area contributed by atoms with Crippen molar-refractivity contribution in [3.8, 4) is 0 Å². The van der Waals surface area contributed by atoms with Gasteiger partial charge in [0.25, 0.3) is 0 Å². The molecule has 1 aliphatic heterocycles. The van der Waals surface area contributed by atoms with E-state index in [0.717, 1.165) is 34.5 Å². The van der Waals surface area contributed by atoms with E-state index in [1.165, 1.54) is 22.2 Å². The van der Waals surface area contributed by atoms with Crippen LogP contribution < -0.4 is 0 Å². The Balaban J connectivity index is 1.57. The SMILES string of the molecule is CCc1nc2sc3c(c2c2nnc(SCC(=O)c4ccccc4)n12)CC(C)(C)OC3. The fourth-order valence-electron chi connectivity index (χ4n) is 3.85. The summed E-state index contributed by atoms with van der Waals surface area (Å²) in [5.74, 6) is 1.31. The predicted octanol–water partition coefficient (Wildman–Crippen LogP) is 4.73. The van der Waals surface area contributed by atoms with Gasteiger partial charge in [-0.3, -0.25) is 9.20 Å². The van der Waals surface area contributed by atoms with Crippen molar-refractivity contribution in [2.45, 2.75) is 51.0 Å². The maximum Gasteiger partial charge on any atom is 0.197 e. The summed E-state index contributed by atoms with van der Waals surface area (Å²) in [4.78, 5) is 19.7. The maximum absolute atomic E-state index is 12.6. The van der Waals surface area contributed by atoms with E-state index in [-0.39, 0.29) is 11.4 Å². The maximum atomic E-state index is 12.6. The van der Waals surface area contributed by atoms with E-state index < -0.39 is 0 Å². The lowest BCUT2D eigenvalue weighted by molar-refractivity contribution is -0.0379. The molecule has 0 spiro atoms. The summed E-state index contributed by atoms with van der Waals surface area (Å²) < 4.78 is 8.03. The number of aromatic nitrogens is 4. The highest BCUT2D eigenvalue weighted by molar-refractivity contribution is 7.99. The van der Waals surface area contributed by atoms with Gasteiger partial charge in [-0.15, -0.1) is 21.5 Å². The lowest BCUT2D eigenvalue weighted by atomic mass is 9.94. The second-order valence-corrected chi connectivity index (χ2v) is 10.0. The van der Waals surface area contributed by atoms with Gasteiger partial charge in [-0.2, -0.15) is 0 Å². The zero-order valence-electron chi connectivity index (χ0n) is 17.1. The molecule has 6 nitrogen and oxygen atoms in total. The van der Waals surface area contributed by atoms with Crippen molar-refractivity contribution in [2.75, 3.05) is 5.75 Å². The Labute approximate surface area is 182 Å². The first-order chi connectivity index (χ1) is 14.5. The first-order valence-electron chi connectivity index (χ1n) is 10.00. The van der Waals surface area contributed by atoms with Crippen LogP contribution in [0.3, 0.4) is 0 Å². The Hall–Kier alpha value is -2.29. The number of nitrogens with zero attached hydrogens (tertiary/aromatic N) is 4. The molecular weight excluding hydrogens is 416 g/mol. The third-order valence-corrected chi connectivity index (χ3v) is 7.39. The number of hydrogen-bond acceptors (Lipinski definition) is 7. The predicted molar refractivity (Wildman–Crippen MR) is 120 cm³/mol. The molecular formula is C22H22N4O2S2. The molecule has 5 rings (SSSR count). The molecule has 0 radical (unpaired) electrons. The summed E-state index contributed by atoms with van der Waals surface area (Å²) in [5, 5.41) is 10.8. The number of carbonyl (C=O) groups is 1. The van der Waals surface area contributed by atoms with Crippen LogP contribution in [0.15, 0.2) is 35.5 Å². The molecule has 0 atom stereocenters. The van der Waals surface area contributed by atoms with E-state index in [9.17, 15) is 4.79 Å². The minimum Gasteiger partial charge on any atom is -0.370 e. The highest BCUT2D eigenvalue weighted by Crippen LogP contribution is 2.40. The monoisotopic (exact) mass is 438 g/mol. The van der Waals surface area contributed by atoms with Crippen molar-refractivity contribution in [3.63, 3.8) is 0 Å². The third kappa shape index (κ3) is 3.33.